The summed E-state index contributed by atoms with van der Waals surface area (Å²) >= 11 is 3.37. The van der Waals surface area contributed by atoms with Crippen molar-refractivity contribution in [1.29, 1.82) is 0 Å². The van der Waals surface area contributed by atoms with Gasteiger partial charge in [0.25, 0.3) is 0 Å². The van der Waals surface area contributed by atoms with E-state index in [1.165, 1.54) is 0 Å². The molecular weight excluding hydrogens is 348 g/mol. The van der Waals surface area contributed by atoms with Crippen molar-refractivity contribution in [3.8, 4) is 5.75 Å². The number of aromatic nitrogens is 4. The van der Waals surface area contributed by atoms with Crippen LogP contribution in [0.1, 0.15) is 17.3 Å². The predicted molar refractivity (Wildman–Crippen MR) is 83.7 cm³/mol. The first-order chi connectivity index (χ1) is 10.7. The molecule has 0 N–H and O–H groups in total. The van der Waals surface area contributed by atoms with Gasteiger partial charge >= 0.3 is 0 Å². The first-order valence-electron chi connectivity index (χ1n) is 6.85. The second-order valence-electron chi connectivity index (χ2n) is 4.79. The van der Waals surface area contributed by atoms with Crippen LogP contribution in [-0.4, -0.2) is 27.1 Å². The lowest BCUT2D eigenvalue weighted by atomic mass is 10.1. The maximum absolute atomic E-state index is 5.67. The van der Waals surface area contributed by atoms with Crippen LogP contribution >= 0.6 is 15.9 Å². The quantitative estimate of drug-likeness (QED) is 0.674. The molecule has 0 fully saturated rings. The molecule has 7 heteroatoms. The molecule has 0 radical (unpaired) electrons. The molecule has 3 aromatic rings. The third-order valence-electron chi connectivity index (χ3n) is 3.18. The van der Waals surface area contributed by atoms with E-state index in [2.05, 4.69) is 31.2 Å². The zero-order chi connectivity index (χ0) is 15.4. The van der Waals surface area contributed by atoms with Crippen LogP contribution in [0.2, 0.25) is 0 Å². The number of rotatable bonds is 6. The summed E-state index contributed by atoms with van der Waals surface area (Å²) in [5, 5.41) is 12.3. The highest BCUT2D eigenvalue weighted by atomic mass is 79.9. The Morgan fingerprint density at radius 1 is 1.18 bits per heavy atom. The van der Waals surface area contributed by atoms with E-state index in [0.29, 0.717) is 31.2 Å². The Hall–Kier alpha value is -2.15. The number of ether oxygens (including phenoxy) is 1. The van der Waals surface area contributed by atoms with Crippen LogP contribution < -0.4 is 4.74 Å². The molecule has 2 heterocycles. The molecule has 3 rings (SSSR count). The standard InChI is InChI=1S/C15H15BrN4O2/c1-21-13-4-2-11(3-5-13)8-15-19-18-14(22-15)6-7-20-10-12(16)9-17-20/h2-5,9-10H,6-8H2,1H3. The van der Waals surface area contributed by atoms with Crippen LogP contribution in [0.5, 0.6) is 5.75 Å². The maximum atomic E-state index is 5.67. The second-order valence-corrected chi connectivity index (χ2v) is 5.70. The summed E-state index contributed by atoms with van der Waals surface area (Å²) in [6.45, 7) is 0.704. The van der Waals surface area contributed by atoms with Gasteiger partial charge in [-0.15, -0.1) is 10.2 Å². The van der Waals surface area contributed by atoms with Crippen molar-refractivity contribution in [2.45, 2.75) is 19.4 Å². The molecule has 0 unspecified atom stereocenters. The van der Waals surface area contributed by atoms with Gasteiger partial charge in [0.2, 0.25) is 11.8 Å². The molecule has 6 nitrogen and oxygen atoms in total. The van der Waals surface area contributed by atoms with Gasteiger partial charge in [0.05, 0.1) is 24.2 Å². The van der Waals surface area contributed by atoms with Crippen LogP contribution in [0.15, 0.2) is 45.5 Å². The molecule has 114 valence electrons. The Balaban J connectivity index is 1.58. The van der Waals surface area contributed by atoms with Crippen LogP contribution in [0.25, 0.3) is 0 Å². The molecule has 0 aliphatic heterocycles. The Morgan fingerprint density at radius 2 is 1.95 bits per heavy atom. The summed E-state index contributed by atoms with van der Waals surface area (Å²) in [6, 6.07) is 7.82. The summed E-state index contributed by atoms with van der Waals surface area (Å²) in [5.74, 6) is 2.07. The van der Waals surface area contributed by atoms with Gasteiger partial charge < -0.3 is 9.15 Å². The number of nitrogens with zero attached hydrogens (tertiary/aromatic N) is 4. The summed E-state index contributed by atoms with van der Waals surface area (Å²) in [5.41, 5.74) is 1.10. The van der Waals surface area contributed by atoms with Crippen molar-refractivity contribution in [2.75, 3.05) is 7.11 Å². The summed E-state index contributed by atoms with van der Waals surface area (Å²) in [6.07, 6.45) is 4.94. The zero-order valence-corrected chi connectivity index (χ0v) is 13.7. The van der Waals surface area contributed by atoms with E-state index in [-0.39, 0.29) is 0 Å². The van der Waals surface area contributed by atoms with E-state index in [4.69, 9.17) is 9.15 Å². The van der Waals surface area contributed by atoms with Crippen molar-refractivity contribution in [1.82, 2.24) is 20.0 Å². The fraction of sp³-hybridized carbons (Fsp3) is 0.267. The average molecular weight is 363 g/mol. The lowest BCUT2D eigenvalue weighted by Crippen LogP contribution is -2.01. The Kier molecular flexibility index (Phi) is 4.53. The zero-order valence-electron chi connectivity index (χ0n) is 12.1. The van der Waals surface area contributed by atoms with Gasteiger partial charge in [-0.05, 0) is 33.6 Å². The number of hydrogen-bond acceptors (Lipinski definition) is 5. The molecule has 2 aromatic heterocycles. The van der Waals surface area contributed by atoms with Crippen molar-refractivity contribution in [3.63, 3.8) is 0 Å². The van der Waals surface area contributed by atoms with Crippen LogP contribution in [0.4, 0.5) is 0 Å². The van der Waals surface area contributed by atoms with Crippen molar-refractivity contribution >= 4 is 15.9 Å². The van der Waals surface area contributed by atoms with Gasteiger partial charge in [0.15, 0.2) is 0 Å². The number of methoxy groups -OCH3 is 1. The summed E-state index contributed by atoms with van der Waals surface area (Å²) < 4.78 is 13.6. The van der Waals surface area contributed by atoms with E-state index in [1.807, 2.05) is 35.1 Å². The number of aryl methyl sites for hydroxylation is 2. The maximum Gasteiger partial charge on any atom is 0.220 e. The molecule has 0 spiro atoms. The SMILES string of the molecule is COc1ccc(Cc2nnc(CCn3cc(Br)cn3)o2)cc1. The largest absolute Gasteiger partial charge is 0.497 e. The molecule has 0 saturated heterocycles. The van der Waals surface area contributed by atoms with Crippen LogP contribution in [0, 0.1) is 0 Å². The number of hydrogen-bond donors (Lipinski definition) is 0. The van der Waals surface area contributed by atoms with Crippen molar-refractivity contribution in [2.24, 2.45) is 0 Å². The fourth-order valence-corrected chi connectivity index (χ4v) is 2.38. The Morgan fingerprint density at radius 3 is 2.64 bits per heavy atom. The molecular formula is C15H15BrN4O2. The lowest BCUT2D eigenvalue weighted by Gasteiger charge is -2.00. The molecule has 22 heavy (non-hydrogen) atoms. The normalized spacial score (nSPS) is 10.8. The van der Waals surface area contributed by atoms with Crippen molar-refractivity contribution < 1.29 is 9.15 Å². The summed E-state index contributed by atoms with van der Waals surface area (Å²) in [4.78, 5) is 0. The minimum absolute atomic E-state index is 0.613. The van der Waals surface area contributed by atoms with E-state index in [0.717, 1.165) is 15.8 Å². The van der Waals surface area contributed by atoms with Crippen LogP contribution in [0.3, 0.4) is 0 Å². The average Bonchev–Trinajstić information content (AvgIpc) is 3.15. The van der Waals surface area contributed by atoms with Gasteiger partial charge in [-0.2, -0.15) is 5.10 Å². The van der Waals surface area contributed by atoms with Gasteiger partial charge in [-0.25, -0.2) is 0 Å². The second kappa shape index (κ2) is 6.74. The molecule has 0 saturated carbocycles. The van der Waals surface area contributed by atoms with Gasteiger partial charge in [0.1, 0.15) is 5.75 Å². The summed E-state index contributed by atoms with van der Waals surface area (Å²) in [7, 11) is 1.65. The molecule has 0 aliphatic rings. The molecule has 0 atom stereocenters. The Labute approximate surface area is 136 Å². The number of halogens is 1. The third kappa shape index (κ3) is 3.73. The first-order valence-corrected chi connectivity index (χ1v) is 7.64. The van der Waals surface area contributed by atoms with E-state index < -0.39 is 0 Å². The highest BCUT2D eigenvalue weighted by Gasteiger charge is 2.08. The van der Waals surface area contributed by atoms with Gasteiger partial charge in [-0.1, -0.05) is 12.1 Å². The predicted octanol–water partition coefficient (Wildman–Crippen LogP) is 2.87. The van der Waals surface area contributed by atoms with Gasteiger partial charge in [0, 0.05) is 19.2 Å². The lowest BCUT2D eigenvalue weighted by molar-refractivity contribution is 0.414. The van der Waals surface area contributed by atoms with Gasteiger partial charge in [-0.3, -0.25) is 4.68 Å². The highest BCUT2D eigenvalue weighted by Crippen LogP contribution is 2.14. The molecule has 0 amide bonds. The topological polar surface area (TPSA) is 66.0 Å². The molecule has 0 bridgehead atoms. The fourth-order valence-electron chi connectivity index (χ4n) is 2.05. The van der Waals surface area contributed by atoms with E-state index >= 15 is 0 Å². The minimum Gasteiger partial charge on any atom is -0.497 e. The first kappa shape index (κ1) is 14.8. The highest BCUT2D eigenvalue weighted by molar-refractivity contribution is 9.10. The van der Waals surface area contributed by atoms with E-state index in [1.54, 1.807) is 13.3 Å². The Bertz CT molecular complexity index is 736. The third-order valence-corrected chi connectivity index (χ3v) is 3.59. The number of benzene rings is 1. The molecule has 1 aromatic carbocycles. The molecule has 0 aliphatic carbocycles. The minimum atomic E-state index is 0.613. The van der Waals surface area contributed by atoms with E-state index in [9.17, 15) is 0 Å². The smallest absolute Gasteiger partial charge is 0.220 e. The van der Waals surface area contributed by atoms with Crippen molar-refractivity contribution in [3.05, 3.63) is 58.5 Å². The van der Waals surface area contributed by atoms with Crippen LogP contribution in [-0.2, 0) is 19.4 Å². The monoisotopic (exact) mass is 362 g/mol.